The number of fused-ring (bicyclic) bond motifs is 1. The number of esters is 1. The first-order valence-electron chi connectivity index (χ1n) is 4.49. The van der Waals surface area contributed by atoms with Crippen LogP contribution in [0.2, 0.25) is 0 Å². The van der Waals surface area contributed by atoms with Gasteiger partial charge in [-0.3, -0.25) is 4.31 Å². The minimum atomic E-state index is -3.79. The number of hydrogen-bond donors (Lipinski definition) is 1. The molecule has 0 amide bonds. The molecule has 1 aliphatic heterocycles. The van der Waals surface area contributed by atoms with Crippen molar-refractivity contribution >= 4 is 33.1 Å². The lowest BCUT2D eigenvalue weighted by molar-refractivity contribution is -0.137. The van der Waals surface area contributed by atoms with Gasteiger partial charge in [-0.2, -0.15) is 0 Å². The Bertz CT molecular complexity index is 613. The largest absolute Gasteiger partial charge is 0.504 e. The first-order chi connectivity index (χ1) is 7.91. The summed E-state index contributed by atoms with van der Waals surface area (Å²) < 4.78 is 29.2. The highest BCUT2D eigenvalue weighted by Gasteiger charge is 2.39. The Kier molecular flexibility index (Phi) is 2.63. The predicted molar refractivity (Wildman–Crippen MR) is 60.8 cm³/mol. The minimum absolute atomic E-state index is 0.00449. The summed E-state index contributed by atoms with van der Waals surface area (Å²) in [5.74, 6) is -1.27. The molecular formula is C9H9NO5S2. The summed E-state index contributed by atoms with van der Waals surface area (Å²) in [6, 6.07) is 1.39. The summed E-state index contributed by atoms with van der Waals surface area (Å²) in [6.45, 7) is 0. The summed E-state index contributed by atoms with van der Waals surface area (Å²) in [6.07, 6.45) is 0. The van der Waals surface area contributed by atoms with Crippen LogP contribution in [0.15, 0.2) is 22.0 Å². The fourth-order valence-electron chi connectivity index (χ4n) is 1.52. The highest BCUT2D eigenvalue weighted by atomic mass is 32.2. The van der Waals surface area contributed by atoms with Gasteiger partial charge in [0.1, 0.15) is 4.90 Å². The topological polar surface area (TPSA) is 83.9 Å². The van der Waals surface area contributed by atoms with Crippen molar-refractivity contribution in [1.29, 1.82) is 0 Å². The number of carbonyl (C=O) groups is 1. The molecule has 0 saturated heterocycles. The lowest BCUT2D eigenvalue weighted by Crippen LogP contribution is -2.34. The molecule has 1 N–H and O–H groups in total. The molecule has 2 heterocycles. The van der Waals surface area contributed by atoms with Crippen LogP contribution in [-0.4, -0.2) is 38.0 Å². The maximum absolute atomic E-state index is 12.0. The molecule has 0 atom stereocenters. The predicted octanol–water partition coefficient (Wildman–Crippen LogP) is 0.782. The number of ether oxygens (including phenoxy) is 1. The van der Waals surface area contributed by atoms with E-state index >= 15 is 0 Å². The Hall–Kier alpha value is -1.54. The van der Waals surface area contributed by atoms with Crippen LogP contribution in [0.25, 0.3) is 5.76 Å². The molecule has 8 heteroatoms. The van der Waals surface area contributed by atoms with E-state index in [9.17, 15) is 18.3 Å². The van der Waals surface area contributed by atoms with Crippen molar-refractivity contribution in [3.05, 3.63) is 22.0 Å². The third-order valence-electron chi connectivity index (χ3n) is 2.40. The molecule has 1 aliphatic rings. The maximum Gasteiger partial charge on any atom is 0.359 e. The van der Waals surface area contributed by atoms with Crippen molar-refractivity contribution in [2.75, 3.05) is 14.2 Å². The quantitative estimate of drug-likeness (QED) is 0.766. The van der Waals surface area contributed by atoms with Crippen molar-refractivity contribution in [3.63, 3.8) is 0 Å². The van der Waals surface area contributed by atoms with Gasteiger partial charge in [0.05, 0.1) is 12.0 Å². The van der Waals surface area contributed by atoms with E-state index in [1.165, 1.54) is 18.5 Å². The molecule has 0 aromatic carbocycles. The van der Waals surface area contributed by atoms with E-state index in [1.54, 1.807) is 0 Å². The Morgan fingerprint density at radius 2 is 2.18 bits per heavy atom. The average Bonchev–Trinajstić information content (AvgIpc) is 2.76. The second kappa shape index (κ2) is 3.74. The average molecular weight is 275 g/mol. The van der Waals surface area contributed by atoms with Gasteiger partial charge in [0.25, 0.3) is 10.0 Å². The highest BCUT2D eigenvalue weighted by molar-refractivity contribution is 7.89. The van der Waals surface area contributed by atoms with Gasteiger partial charge in [-0.1, -0.05) is 0 Å². The minimum Gasteiger partial charge on any atom is -0.504 e. The normalized spacial score (nSPS) is 17.9. The van der Waals surface area contributed by atoms with Crippen molar-refractivity contribution in [2.45, 2.75) is 4.90 Å². The molecule has 1 aromatic heterocycles. The summed E-state index contributed by atoms with van der Waals surface area (Å²) in [7, 11) is -1.48. The van der Waals surface area contributed by atoms with Crippen LogP contribution in [0.5, 0.6) is 0 Å². The SMILES string of the molecule is COC(=O)C1=C(O)c2sccc2S(=O)(=O)N1C. The van der Waals surface area contributed by atoms with Crippen molar-refractivity contribution in [3.8, 4) is 0 Å². The molecule has 0 saturated carbocycles. The van der Waals surface area contributed by atoms with Gasteiger partial charge in [0.15, 0.2) is 11.5 Å². The monoisotopic (exact) mass is 275 g/mol. The molecule has 6 nitrogen and oxygen atoms in total. The Labute approximate surface area is 102 Å². The number of thiophene rings is 1. The van der Waals surface area contributed by atoms with Crippen molar-refractivity contribution < 1.29 is 23.1 Å². The van der Waals surface area contributed by atoms with Crippen LogP contribution in [0.3, 0.4) is 0 Å². The zero-order chi connectivity index (χ0) is 12.8. The first-order valence-corrected chi connectivity index (χ1v) is 6.81. The van der Waals surface area contributed by atoms with Crippen LogP contribution < -0.4 is 0 Å². The molecule has 0 aliphatic carbocycles. The Morgan fingerprint density at radius 1 is 1.53 bits per heavy atom. The van der Waals surface area contributed by atoms with E-state index in [2.05, 4.69) is 4.74 Å². The van der Waals surface area contributed by atoms with E-state index in [0.717, 1.165) is 22.8 Å². The number of nitrogens with zero attached hydrogens (tertiary/aromatic N) is 1. The molecule has 2 rings (SSSR count). The molecule has 92 valence electrons. The van der Waals surface area contributed by atoms with Crippen LogP contribution in [0, 0.1) is 0 Å². The molecule has 0 bridgehead atoms. The Balaban J connectivity index is 2.77. The summed E-state index contributed by atoms with van der Waals surface area (Å²) in [5.41, 5.74) is -0.373. The van der Waals surface area contributed by atoms with Crippen molar-refractivity contribution in [1.82, 2.24) is 4.31 Å². The second-order valence-electron chi connectivity index (χ2n) is 3.28. The standard InChI is InChI=1S/C9H9NO5S2/c1-10-6(9(12)15-2)7(11)8-5(3-4-16-8)17(10,13)14/h3-4,11H,1-2H3. The number of likely N-dealkylation sites (N-methyl/N-ethyl adjacent to an activating group) is 1. The van der Waals surface area contributed by atoms with Crippen LogP contribution in [0.1, 0.15) is 4.88 Å². The zero-order valence-corrected chi connectivity index (χ0v) is 10.6. The summed E-state index contributed by atoms with van der Waals surface area (Å²) in [4.78, 5) is 11.6. The zero-order valence-electron chi connectivity index (χ0n) is 9.00. The van der Waals surface area contributed by atoms with E-state index in [4.69, 9.17) is 0 Å². The van der Waals surface area contributed by atoms with Gasteiger partial charge >= 0.3 is 5.97 Å². The molecular weight excluding hydrogens is 266 g/mol. The Morgan fingerprint density at radius 3 is 2.76 bits per heavy atom. The third-order valence-corrected chi connectivity index (χ3v) is 5.25. The fraction of sp³-hybridized carbons (Fsp3) is 0.222. The van der Waals surface area contributed by atoms with E-state index < -0.39 is 16.0 Å². The number of sulfonamides is 1. The lowest BCUT2D eigenvalue weighted by atomic mass is 10.3. The maximum atomic E-state index is 12.0. The molecule has 17 heavy (non-hydrogen) atoms. The third kappa shape index (κ3) is 1.52. The highest BCUT2D eigenvalue weighted by Crippen LogP contribution is 2.37. The molecule has 0 unspecified atom stereocenters. The number of aliphatic hydroxyl groups excluding tert-OH is 1. The van der Waals surface area contributed by atoms with Gasteiger partial charge in [-0.05, 0) is 11.4 Å². The summed E-state index contributed by atoms with van der Waals surface area (Å²) in [5, 5.41) is 11.4. The van der Waals surface area contributed by atoms with E-state index in [0.29, 0.717) is 0 Å². The molecule has 0 spiro atoms. The first kappa shape index (κ1) is 11.9. The lowest BCUT2D eigenvalue weighted by Gasteiger charge is -2.25. The number of carbonyl (C=O) groups excluding carboxylic acids is 1. The fourth-order valence-corrected chi connectivity index (χ4v) is 4.07. The van der Waals surface area contributed by atoms with Gasteiger partial charge < -0.3 is 9.84 Å². The number of aliphatic hydroxyl groups is 1. The van der Waals surface area contributed by atoms with Crippen LogP contribution in [-0.2, 0) is 19.6 Å². The summed E-state index contributed by atoms with van der Waals surface area (Å²) >= 11 is 1.05. The number of hydrogen-bond acceptors (Lipinski definition) is 6. The smallest absolute Gasteiger partial charge is 0.359 e. The van der Waals surface area contributed by atoms with Gasteiger partial charge in [-0.25, -0.2) is 13.2 Å². The second-order valence-corrected chi connectivity index (χ2v) is 6.13. The van der Waals surface area contributed by atoms with Gasteiger partial charge in [0, 0.05) is 7.05 Å². The van der Waals surface area contributed by atoms with E-state index in [-0.39, 0.29) is 21.2 Å². The van der Waals surface area contributed by atoms with Crippen molar-refractivity contribution in [2.24, 2.45) is 0 Å². The molecule has 1 aromatic rings. The van der Waals surface area contributed by atoms with Gasteiger partial charge in [-0.15, -0.1) is 11.3 Å². The molecule has 0 radical (unpaired) electrons. The number of rotatable bonds is 1. The number of methoxy groups -OCH3 is 1. The van der Waals surface area contributed by atoms with Crippen LogP contribution in [0.4, 0.5) is 0 Å². The van der Waals surface area contributed by atoms with E-state index in [1.807, 2.05) is 0 Å². The van der Waals surface area contributed by atoms with Gasteiger partial charge in [0.2, 0.25) is 0 Å². The van der Waals surface area contributed by atoms with Crippen LogP contribution >= 0.6 is 11.3 Å². The molecule has 0 fully saturated rings.